The summed E-state index contributed by atoms with van der Waals surface area (Å²) in [6.07, 6.45) is 3.26. The predicted octanol–water partition coefficient (Wildman–Crippen LogP) is 3.21. The third kappa shape index (κ3) is 3.86. The van der Waals surface area contributed by atoms with E-state index in [4.69, 9.17) is 0 Å². The van der Waals surface area contributed by atoms with Crippen molar-refractivity contribution in [3.63, 3.8) is 0 Å². The maximum atomic E-state index is 13.3. The van der Waals surface area contributed by atoms with E-state index in [0.29, 0.717) is 6.54 Å². The molecule has 2 aliphatic rings. The van der Waals surface area contributed by atoms with Crippen LogP contribution in [0.3, 0.4) is 0 Å². The molecule has 0 spiro atoms. The molecule has 4 nitrogen and oxygen atoms in total. The zero-order chi connectivity index (χ0) is 18.2. The molecule has 1 aliphatic carbocycles. The van der Waals surface area contributed by atoms with Crippen molar-refractivity contribution in [1.82, 2.24) is 10.2 Å². The molecular weight excluding hydrogens is 319 g/mol. The fourth-order valence-electron chi connectivity index (χ4n) is 3.88. The maximum absolute atomic E-state index is 13.3. The quantitative estimate of drug-likeness (QED) is 0.894. The molecule has 3 rings (SSSR count). The van der Waals surface area contributed by atoms with E-state index in [1.165, 1.54) is 6.07 Å². The van der Waals surface area contributed by atoms with E-state index >= 15 is 0 Å². The lowest BCUT2D eigenvalue weighted by molar-refractivity contribution is -0.142. The van der Waals surface area contributed by atoms with Crippen molar-refractivity contribution in [1.29, 1.82) is 0 Å². The highest BCUT2D eigenvalue weighted by Gasteiger charge is 2.34. The molecule has 2 atom stereocenters. The number of hydrogen-bond donors (Lipinski definition) is 1. The number of carbonyl (C=O) groups is 2. The molecule has 1 aliphatic heterocycles. The van der Waals surface area contributed by atoms with Crippen molar-refractivity contribution >= 4 is 11.8 Å². The summed E-state index contributed by atoms with van der Waals surface area (Å²) in [6, 6.07) is 4.75. The second-order valence-corrected chi connectivity index (χ2v) is 8.28. The Labute approximate surface area is 148 Å². The van der Waals surface area contributed by atoms with Crippen LogP contribution in [0.15, 0.2) is 18.2 Å². The molecule has 5 heteroatoms. The van der Waals surface area contributed by atoms with E-state index < -0.39 is 5.41 Å². The summed E-state index contributed by atoms with van der Waals surface area (Å²) in [5.41, 5.74) is 1.58. The van der Waals surface area contributed by atoms with Gasteiger partial charge in [0.25, 0.3) is 0 Å². The molecule has 0 radical (unpaired) electrons. The Morgan fingerprint density at radius 3 is 2.72 bits per heavy atom. The first-order chi connectivity index (χ1) is 11.8. The highest BCUT2D eigenvalue weighted by Crippen LogP contribution is 2.32. The first kappa shape index (κ1) is 17.9. The van der Waals surface area contributed by atoms with Crippen LogP contribution in [0.4, 0.5) is 4.39 Å². The molecule has 0 aromatic heterocycles. The first-order valence-corrected chi connectivity index (χ1v) is 9.14. The first-order valence-electron chi connectivity index (χ1n) is 9.14. The van der Waals surface area contributed by atoms with Gasteiger partial charge in [-0.15, -0.1) is 0 Å². The molecule has 0 saturated carbocycles. The van der Waals surface area contributed by atoms with Gasteiger partial charge in [-0.05, 0) is 48.9 Å². The zero-order valence-corrected chi connectivity index (χ0v) is 15.3. The molecule has 25 heavy (non-hydrogen) atoms. The lowest BCUT2D eigenvalue weighted by Crippen LogP contribution is -2.49. The van der Waals surface area contributed by atoms with E-state index in [1.807, 2.05) is 25.7 Å². The molecule has 136 valence electrons. The molecule has 1 heterocycles. The van der Waals surface area contributed by atoms with Gasteiger partial charge >= 0.3 is 0 Å². The van der Waals surface area contributed by atoms with Crippen molar-refractivity contribution in [3.8, 4) is 0 Å². The van der Waals surface area contributed by atoms with E-state index in [0.717, 1.165) is 43.4 Å². The normalized spacial score (nSPS) is 23.3. The fraction of sp³-hybridized carbons (Fsp3) is 0.600. The molecule has 1 aromatic rings. The third-order valence-corrected chi connectivity index (χ3v) is 5.22. The minimum atomic E-state index is -0.424. The summed E-state index contributed by atoms with van der Waals surface area (Å²) in [7, 11) is 0. The SMILES string of the molecule is CC(C)(C)C(=O)N1CCC[C@H](C(=O)N[C@@H]2CCc3cc(F)ccc32)C1. The van der Waals surface area contributed by atoms with Crippen molar-refractivity contribution < 1.29 is 14.0 Å². The molecular formula is C20H27FN2O2. The molecule has 1 N–H and O–H groups in total. The van der Waals surface area contributed by atoms with Gasteiger partial charge in [0.2, 0.25) is 11.8 Å². The van der Waals surface area contributed by atoms with Gasteiger partial charge in [-0.1, -0.05) is 26.8 Å². The second kappa shape index (κ2) is 6.77. The lowest BCUT2D eigenvalue weighted by atomic mass is 9.90. The Morgan fingerprint density at radius 1 is 1.24 bits per heavy atom. The minimum absolute atomic E-state index is 0.00795. The van der Waals surface area contributed by atoms with Gasteiger partial charge in [0.15, 0.2) is 0 Å². The van der Waals surface area contributed by atoms with Gasteiger partial charge < -0.3 is 10.2 Å². The fourth-order valence-corrected chi connectivity index (χ4v) is 3.88. The van der Waals surface area contributed by atoms with Crippen LogP contribution in [0, 0.1) is 17.2 Å². The number of carbonyl (C=O) groups excluding carboxylic acids is 2. The van der Waals surface area contributed by atoms with Crippen LogP contribution in [-0.2, 0) is 16.0 Å². The number of benzene rings is 1. The van der Waals surface area contributed by atoms with Gasteiger partial charge in [0, 0.05) is 18.5 Å². The van der Waals surface area contributed by atoms with Gasteiger partial charge in [-0.25, -0.2) is 4.39 Å². The minimum Gasteiger partial charge on any atom is -0.349 e. The monoisotopic (exact) mass is 346 g/mol. The van der Waals surface area contributed by atoms with Gasteiger partial charge in [0.1, 0.15) is 5.82 Å². The topological polar surface area (TPSA) is 49.4 Å². The maximum Gasteiger partial charge on any atom is 0.227 e. The number of likely N-dealkylation sites (tertiary alicyclic amines) is 1. The van der Waals surface area contributed by atoms with Gasteiger partial charge in [-0.3, -0.25) is 9.59 Å². The Morgan fingerprint density at radius 2 is 2.00 bits per heavy atom. The summed E-state index contributed by atoms with van der Waals surface area (Å²) in [5, 5.41) is 3.12. The molecule has 2 amide bonds. The number of amides is 2. The Balaban J connectivity index is 1.64. The summed E-state index contributed by atoms with van der Waals surface area (Å²) >= 11 is 0. The summed E-state index contributed by atoms with van der Waals surface area (Å²) in [5.74, 6) is -0.279. The van der Waals surface area contributed by atoms with Crippen molar-refractivity contribution in [3.05, 3.63) is 35.1 Å². The third-order valence-electron chi connectivity index (χ3n) is 5.22. The van der Waals surface area contributed by atoms with E-state index in [1.54, 1.807) is 12.1 Å². The van der Waals surface area contributed by atoms with Crippen LogP contribution < -0.4 is 5.32 Å². The number of aryl methyl sites for hydroxylation is 1. The summed E-state index contributed by atoms with van der Waals surface area (Å²) in [6.45, 7) is 6.95. The van der Waals surface area contributed by atoms with Crippen LogP contribution in [0.1, 0.15) is 57.2 Å². The highest BCUT2D eigenvalue weighted by molar-refractivity contribution is 5.84. The number of piperidine rings is 1. The highest BCUT2D eigenvalue weighted by atomic mass is 19.1. The number of halogens is 1. The average Bonchev–Trinajstić information content (AvgIpc) is 2.95. The van der Waals surface area contributed by atoms with E-state index in [2.05, 4.69) is 5.32 Å². The Kier molecular flexibility index (Phi) is 4.85. The number of fused-ring (bicyclic) bond motifs is 1. The largest absolute Gasteiger partial charge is 0.349 e. The van der Waals surface area contributed by atoms with Crippen molar-refractivity contribution in [2.24, 2.45) is 11.3 Å². The van der Waals surface area contributed by atoms with Crippen LogP contribution in [0.5, 0.6) is 0 Å². The standard InChI is InChI=1S/C20H27FN2O2/c1-20(2,3)19(25)23-10-4-5-14(12-23)18(24)22-17-9-6-13-11-15(21)7-8-16(13)17/h7-8,11,14,17H,4-6,9-10,12H2,1-3H3,(H,22,24)/t14-,17+/m0/s1. The Hall–Kier alpha value is -1.91. The molecule has 1 saturated heterocycles. The van der Waals surface area contributed by atoms with Crippen LogP contribution in [-0.4, -0.2) is 29.8 Å². The van der Waals surface area contributed by atoms with E-state index in [-0.39, 0.29) is 29.6 Å². The second-order valence-electron chi connectivity index (χ2n) is 8.28. The molecule has 1 fully saturated rings. The average molecular weight is 346 g/mol. The summed E-state index contributed by atoms with van der Waals surface area (Å²) < 4.78 is 13.3. The smallest absolute Gasteiger partial charge is 0.227 e. The Bertz CT molecular complexity index is 681. The number of hydrogen-bond acceptors (Lipinski definition) is 2. The van der Waals surface area contributed by atoms with Gasteiger partial charge in [0.05, 0.1) is 12.0 Å². The molecule has 0 bridgehead atoms. The van der Waals surface area contributed by atoms with Crippen molar-refractivity contribution in [2.45, 2.75) is 52.5 Å². The number of nitrogens with one attached hydrogen (secondary N) is 1. The van der Waals surface area contributed by atoms with Gasteiger partial charge in [-0.2, -0.15) is 0 Å². The van der Waals surface area contributed by atoms with E-state index in [9.17, 15) is 14.0 Å². The lowest BCUT2D eigenvalue weighted by Gasteiger charge is -2.36. The van der Waals surface area contributed by atoms with Crippen molar-refractivity contribution in [2.75, 3.05) is 13.1 Å². The zero-order valence-electron chi connectivity index (χ0n) is 15.3. The number of nitrogens with zero attached hydrogens (tertiary/aromatic N) is 1. The van der Waals surface area contributed by atoms with Crippen LogP contribution in [0.2, 0.25) is 0 Å². The number of rotatable bonds is 2. The predicted molar refractivity (Wildman–Crippen MR) is 94.4 cm³/mol. The molecule has 1 aromatic carbocycles. The summed E-state index contributed by atoms with van der Waals surface area (Å²) in [4.78, 5) is 27.0. The van der Waals surface area contributed by atoms with Crippen LogP contribution >= 0.6 is 0 Å². The molecule has 0 unspecified atom stereocenters. The van der Waals surface area contributed by atoms with Crippen LogP contribution in [0.25, 0.3) is 0 Å².